The van der Waals surface area contributed by atoms with E-state index in [1.807, 2.05) is 6.07 Å². The second-order valence-electron chi connectivity index (χ2n) is 5.71. The standard InChI is InChI=1S/C14H23N5O/c15-12-3-4-17-7-10(12)6-13(18-16)14-8-19-5-1-2-11(19)9-20-14/h3-4,7,11,13-14,18H,1-2,5-6,8-9,16H2,(H2,15,17). The average Bonchev–Trinajstić information content (AvgIpc) is 2.94. The van der Waals surface area contributed by atoms with Gasteiger partial charge < -0.3 is 10.5 Å². The third-order valence-corrected chi connectivity index (χ3v) is 4.46. The largest absolute Gasteiger partial charge is 0.398 e. The maximum absolute atomic E-state index is 6.01. The van der Waals surface area contributed by atoms with Gasteiger partial charge in [-0.2, -0.15) is 0 Å². The van der Waals surface area contributed by atoms with Crippen molar-refractivity contribution in [1.29, 1.82) is 0 Å². The molecule has 0 bridgehead atoms. The fourth-order valence-electron chi connectivity index (χ4n) is 3.23. The van der Waals surface area contributed by atoms with Gasteiger partial charge in [0.1, 0.15) is 0 Å². The number of hydrazine groups is 1. The molecule has 0 radical (unpaired) electrons. The van der Waals surface area contributed by atoms with Gasteiger partial charge in [0.15, 0.2) is 0 Å². The molecule has 20 heavy (non-hydrogen) atoms. The molecule has 3 unspecified atom stereocenters. The maximum Gasteiger partial charge on any atom is 0.0872 e. The van der Waals surface area contributed by atoms with Gasteiger partial charge in [-0.05, 0) is 37.4 Å². The third-order valence-electron chi connectivity index (χ3n) is 4.46. The van der Waals surface area contributed by atoms with Crippen molar-refractivity contribution in [2.24, 2.45) is 5.84 Å². The summed E-state index contributed by atoms with van der Waals surface area (Å²) in [4.78, 5) is 6.65. The predicted molar refractivity (Wildman–Crippen MR) is 77.8 cm³/mol. The number of rotatable bonds is 4. The van der Waals surface area contributed by atoms with Crippen LogP contribution in [-0.2, 0) is 11.2 Å². The quantitative estimate of drug-likeness (QED) is 0.526. The molecule has 6 heteroatoms. The minimum Gasteiger partial charge on any atom is -0.398 e. The lowest BCUT2D eigenvalue weighted by molar-refractivity contribution is -0.0644. The van der Waals surface area contributed by atoms with Crippen molar-refractivity contribution in [3.8, 4) is 0 Å². The van der Waals surface area contributed by atoms with Gasteiger partial charge in [-0.25, -0.2) is 0 Å². The Morgan fingerprint density at radius 1 is 1.55 bits per heavy atom. The van der Waals surface area contributed by atoms with Crippen LogP contribution in [0.4, 0.5) is 5.69 Å². The van der Waals surface area contributed by atoms with E-state index >= 15 is 0 Å². The first-order valence-corrected chi connectivity index (χ1v) is 7.28. The molecule has 2 fully saturated rings. The molecule has 3 rings (SSSR count). The lowest BCUT2D eigenvalue weighted by Crippen LogP contribution is -2.56. The SMILES string of the molecule is NNC(Cc1cnccc1N)C1CN2CCCC2CO1. The van der Waals surface area contributed by atoms with E-state index in [-0.39, 0.29) is 12.1 Å². The first-order valence-electron chi connectivity index (χ1n) is 7.28. The van der Waals surface area contributed by atoms with Crippen molar-refractivity contribution in [3.05, 3.63) is 24.0 Å². The molecular weight excluding hydrogens is 254 g/mol. The summed E-state index contributed by atoms with van der Waals surface area (Å²) in [5.74, 6) is 5.73. The minimum absolute atomic E-state index is 0.0584. The number of fused-ring (bicyclic) bond motifs is 1. The zero-order valence-corrected chi connectivity index (χ0v) is 11.7. The molecule has 0 saturated carbocycles. The van der Waals surface area contributed by atoms with Gasteiger partial charge in [-0.1, -0.05) is 0 Å². The summed E-state index contributed by atoms with van der Waals surface area (Å²) < 4.78 is 6.01. The van der Waals surface area contributed by atoms with Crippen LogP contribution in [-0.4, -0.2) is 47.8 Å². The number of morpholine rings is 1. The van der Waals surface area contributed by atoms with Crippen molar-refractivity contribution >= 4 is 5.69 Å². The van der Waals surface area contributed by atoms with Crippen molar-refractivity contribution in [1.82, 2.24) is 15.3 Å². The highest BCUT2D eigenvalue weighted by Crippen LogP contribution is 2.25. The Bertz CT molecular complexity index is 455. The number of hydrogen-bond acceptors (Lipinski definition) is 6. The topological polar surface area (TPSA) is 89.4 Å². The number of nitrogens with zero attached hydrogens (tertiary/aromatic N) is 2. The number of anilines is 1. The van der Waals surface area contributed by atoms with Crippen LogP contribution in [0.3, 0.4) is 0 Å². The summed E-state index contributed by atoms with van der Waals surface area (Å²) in [6, 6.07) is 2.48. The Morgan fingerprint density at radius 2 is 2.45 bits per heavy atom. The van der Waals surface area contributed by atoms with Crippen molar-refractivity contribution in [3.63, 3.8) is 0 Å². The van der Waals surface area contributed by atoms with E-state index in [0.717, 1.165) is 30.8 Å². The number of ether oxygens (including phenoxy) is 1. The molecule has 2 aliphatic heterocycles. The molecule has 1 aromatic rings. The molecule has 0 spiro atoms. The van der Waals surface area contributed by atoms with Crippen molar-refractivity contribution in [2.45, 2.75) is 37.5 Å². The number of aromatic nitrogens is 1. The number of nitrogens with two attached hydrogens (primary N) is 2. The summed E-state index contributed by atoms with van der Waals surface area (Å²) in [6.45, 7) is 2.93. The first-order chi connectivity index (χ1) is 9.78. The second kappa shape index (κ2) is 6.05. The lowest BCUT2D eigenvalue weighted by atomic mass is 10.00. The normalized spacial score (nSPS) is 28.2. The number of hydrogen-bond donors (Lipinski definition) is 3. The van der Waals surface area contributed by atoms with Gasteiger partial charge >= 0.3 is 0 Å². The summed E-state index contributed by atoms with van der Waals surface area (Å²) in [6.07, 6.45) is 6.88. The summed E-state index contributed by atoms with van der Waals surface area (Å²) in [5, 5.41) is 0. The monoisotopic (exact) mass is 277 g/mol. The summed E-state index contributed by atoms with van der Waals surface area (Å²) in [5.41, 5.74) is 10.6. The number of nitrogens with one attached hydrogen (secondary N) is 1. The van der Waals surface area contributed by atoms with E-state index in [9.17, 15) is 0 Å². The van der Waals surface area contributed by atoms with E-state index in [1.54, 1.807) is 12.4 Å². The second-order valence-corrected chi connectivity index (χ2v) is 5.71. The van der Waals surface area contributed by atoms with Crippen LogP contribution in [0.1, 0.15) is 18.4 Å². The fourth-order valence-corrected chi connectivity index (χ4v) is 3.23. The summed E-state index contributed by atoms with van der Waals surface area (Å²) in [7, 11) is 0. The minimum atomic E-state index is 0.0584. The van der Waals surface area contributed by atoms with Crippen molar-refractivity contribution in [2.75, 3.05) is 25.4 Å². The Hall–Kier alpha value is -1.21. The molecule has 5 N–H and O–H groups in total. The molecule has 1 aromatic heterocycles. The average molecular weight is 277 g/mol. The highest BCUT2D eigenvalue weighted by Gasteiger charge is 2.35. The van der Waals surface area contributed by atoms with Crippen LogP contribution >= 0.6 is 0 Å². The number of nitrogen functional groups attached to an aromatic ring is 1. The van der Waals surface area contributed by atoms with Gasteiger partial charge in [-0.15, -0.1) is 0 Å². The lowest BCUT2D eigenvalue weighted by Gasteiger charge is -2.38. The Morgan fingerprint density at radius 3 is 3.25 bits per heavy atom. The Kier molecular flexibility index (Phi) is 4.16. The Labute approximate surface area is 119 Å². The Balaban J connectivity index is 1.66. The van der Waals surface area contributed by atoms with Gasteiger partial charge in [0.05, 0.1) is 18.8 Å². The highest BCUT2D eigenvalue weighted by molar-refractivity contribution is 5.44. The van der Waals surface area contributed by atoms with E-state index in [1.165, 1.54) is 19.4 Å². The van der Waals surface area contributed by atoms with Crippen LogP contribution in [0, 0.1) is 0 Å². The molecule has 0 aliphatic carbocycles. The molecule has 2 aliphatic rings. The van der Waals surface area contributed by atoms with Gasteiger partial charge in [-0.3, -0.25) is 21.2 Å². The predicted octanol–water partition coefficient (Wildman–Crippen LogP) is -0.0986. The maximum atomic E-state index is 6.01. The molecule has 3 heterocycles. The zero-order valence-electron chi connectivity index (χ0n) is 11.7. The smallest absolute Gasteiger partial charge is 0.0872 e. The van der Waals surface area contributed by atoms with Gasteiger partial charge in [0.2, 0.25) is 0 Å². The van der Waals surface area contributed by atoms with Crippen LogP contribution in [0.25, 0.3) is 0 Å². The highest BCUT2D eigenvalue weighted by atomic mass is 16.5. The van der Waals surface area contributed by atoms with E-state index < -0.39 is 0 Å². The van der Waals surface area contributed by atoms with E-state index in [4.69, 9.17) is 16.3 Å². The molecule has 110 valence electrons. The number of pyridine rings is 1. The molecule has 3 atom stereocenters. The van der Waals surface area contributed by atoms with Gasteiger partial charge in [0, 0.05) is 30.7 Å². The van der Waals surface area contributed by atoms with Crippen LogP contribution in [0.15, 0.2) is 18.5 Å². The van der Waals surface area contributed by atoms with Gasteiger partial charge in [0.25, 0.3) is 0 Å². The molecule has 2 saturated heterocycles. The molecule has 6 nitrogen and oxygen atoms in total. The zero-order chi connectivity index (χ0) is 13.9. The fraction of sp³-hybridized carbons (Fsp3) is 0.643. The third kappa shape index (κ3) is 2.78. The van der Waals surface area contributed by atoms with Crippen molar-refractivity contribution < 1.29 is 4.74 Å². The van der Waals surface area contributed by atoms with Crippen LogP contribution in [0.5, 0.6) is 0 Å². The first kappa shape index (κ1) is 13.8. The van der Waals surface area contributed by atoms with E-state index in [0.29, 0.717) is 6.04 Å². The summed E-state index contributed by atoms with van der Waals surface area (Å²) >= 11 is 0. The molecular formula is C14H23N5O. The molecule has 0 amide bonds. The van der Waals surface area contributed by atoms with Crippen LogP contribution < -0.4 is 17.0 Å². The molecule has 0 aromatic carbocycles. The van der Waals surface area contributed by atoms with Crippen LogP contribution in [0.2, 0.25) is 0 Å². The van der Waals surface area contributed by atoms with E-state index in [2.05, 4.69) is 15.3 Å².